The van der Waals surface area contributed by atoms with Gasteiger partial charge in [0.1, 0.15) is 0 Å². The van der Waals surface area contributed by atoms with Gasteiger partial charge < -0.3 is 0 Å². The summed E-state index contributed by atoms with van der Waals surface area (Å²) in [5.41, 5.74) is 0. The van der Waals surface area contributed by atoms with Crippen LogP contribution in [-0.2, 0) is 0 Å². The molecule has 2 unspecified atom stereocenters. The van der Waals surface area contributed by atoms with Crippen molar-refractivity contribution in [2.24, 2.45) is 11.8 Å². The molecular formula is C31H64. The number of hydrogen-bond donors (Lipinski definition) is 0. The lowest BCUT2D eigenvalue weighted by atomic mass is 9.95. The summed E-state index contributed by atoms with van der Waals surface area (Å²) in [5, 5.41) is 0. The monoisotopic (exact) mass is 437 g/mol. The number of rotatable bonds is 26. The summed E-state index contributed by atoms with van der Waals surface area (Å²) in [6, 6.07) is 0. The van der Waals surface area contributed by atoms with Gasteiger partial charge in [0.05, 0.1) is 0 Å². The lowest BCUT2D eigenvalue weighted by Gasteiger charge is -2.12. The van der Waals surface area contributed by atoms with Gasteiger partial charge >= 0.3 is 0 Å². The smallest absolute Gasteiger partial charge is 0.0443 e. The first kappa shape index (κ1) is 31.0. The lowest BCUT2D eigenvalue weighted by Crippen LogP contribution is -1.96. The standard InChI is InChI=1S/C31H64/c1-5-7-9-11-12-13-14-16-19-23-28-31(4)29-25-21-18-15-17-20-24-27-30(3)26-22-10-8-6-2/h30-31H,5-29H2,1-4H3. The molecule has 0 heteroatoms. The summed E-state index contributed by atoms with van der Waals surface area (Å²) in [7, 11) is 0. The number of unbranched alkanes of at least 4 members (excludes halogenated alkanes) is 18. The predicted octanol–water partition coefficient (Wildman–Crippen LogP) is 12.1. The minimum atomic E-state index is 0.966. The Balaban J connectivity index is 3.21. The van der Waals surface area contributed by atoms with Crippen LogP contribution in [0.3, 0.4) is 0 Å². The van der Waals surface area contributed by atoms with Crippen molar-refractivity contribution in [3.05, 3.63) is 0 Å². The van der Waals surface area contributed by atoms with Crippen LogP contribution < -0.4 is 0 Å². The molecule has 188 valence electrons. The summed E-state index contributed by atoms with van der Waals surface area (Å²) in [6.07, 6.45) is 36.6. The molecule has 0 aromatic rings. The first-order chi connectivity index (χ1) is 15.2. The highest BCUT2D eigenvalue weighted by atomic mass is 14.1. The van der Waals surface area contributed by atoms with Crippen LogP contribution in [0.5, 0.6) is 0 Å². The Bertz CT molecular complexity index is 307. The first-order valence-corrected chi connectivity index (χ1v) is 15.2. The third kappa shape index (κ3) is 26.1. The molecule has 0 nitrogen and oxygen atoms in total. The molecule has 0 rings (SSSR count). The van der Waals surface area contributed by atoms with Gasteiger partial charge in [-0.1, -0.05) is 188 Å². The second-order valence-corrected chi connectivity index (χ2v) is 11.1. The van der Waals surface area contributed by atoms with Crippen molar-refractivity contribution in [1.82, 2.24) is 0 Å². The van der Waals surface area contributed by atoms with Crippen LogP contribution >= 0.6 is 0 Å². The highest BCUT2D eigenvalue weighted by Crippen LogP contribution is 2.20. The molecule has 2 atom stereocenters. The summed E-state index contributed by atoms with van der Waals surface area (Å²) < 4.78 is 0. The molecule has 0 radical (unpaired) electrons. The van der Waals surface area contributed by atoms with Crippen LogP contribution in [-0.4, -0.2) is 0 Å². The molecule has 0 amide bonds. The normalized spacial score (nSPS) is 13.5. The van der Waals surface area contributed by atoms with E-state index in [1.807, 2.05) is 0 Å². The molecule has 0 aliphatic heterocycles. The van der Waals surface area contributed by atoms with E-state index in [0.717, 1.165) is 11.8 Å². The Kier molecular flexibility index (Phi) is 26.3. The van der Waals surface area contributed by atoms with Crippen molar-refractivity contribution >= 4 is 0 Å². The fraction of sp³-hybridized carbons (Fsp3) is 1.00. The predicted molar refractivity (Wildman–Crippen MR) is 145 cm³/mol. The zero-order valence-electron chi connectivity index (χ0n) is 22.8. The van der Waals surface area contributed by atoms with Gasteiger partial charge in [-0.2, -0.15) is 0 Å². The van der Waals surface area contributed by atoms with Crippen LogP contribution in [0.25, 0.3) is 0 Å². The van der Waals surface area contributed by atoms with Gasteiger partial charge in [-0.15, -0.1) is 0 Å². The topological polar surface area (TPSA) is 0 Å². The lowest BCUT2D eigenvalue weighted by molar-refractivity contribution is 0.423. The van der Waals surface area contributed by atoms with Gasteiger partial charge in [-0.05, 0) is 11.8 Å². The Hall–Kier alpha value is 0. The van der Waals surface area contributed by atoms with Gasteiger partial charge in [0.2, 0.25) is 0 Å². The Morgan fingerprint density at radius 2 is 0.484 bits per heavy atom. The molecule has 0 fully saturated rings. The molecule has 0 spiro atoms. The van der Waals surface area contributed by atoms with Crippen LogP contribution in [0.15, 0.2) is 0 Å². The quantitative estimate of drug-likeness (QED) is 0.118. The van der Waals surface area contributed by atoms with Gasteiger partial charge in [0.15, 0.2) is 0 Å². The van der Waals surface area contributed by atoms with E-state index in [1.54, 1.807) is 0 Å². The van der Waals surface area contributed by atoms with E-state index >= 15 is 0 Å². The molecule has 0 aliphatic carbocycles. The van der Waals surface area contributed by atoms with Gasteiger partial charge in [-0.25, -0.2) is 0 Å². The van der Waals surface area contributed by atoms with Crippen LogP contribution in [0, 0.1) is 11.8 Å². The molecule has 0 N–H and O–H groups in total. The molecule has 0 aliphatic rings. The molecule has 0 saturated heterocycles. The first-order valence-electron chi connectivity index (χ1n) is 15.2. The van der Waals surface area contributed by atoms with E-state index in [0.29, 0.717) is 0 Å². The molecule has 0 heterocycles. The minimum absolute atomic E-state index is 0.966. The van der Waals surface area contributed by atoms with E-state index in [2.05, 4.69) is 27.7 Å². The second kappa shape index (κ2) is 26.3. The Morgan fingerprint density at radius 1 is 0.290 bits per heavy atom. The molecule has 0 bridgehead atoms. The van der Waals surface area contributed by atoms with Crippen molar-refractivity contribution < 1.29 is 0 Å². The number of hydrogen-bond acceptors (Lipinski definition) is 0. The van der Waals surface area contributed by atoms with Gasteiger partial charge in [0.25, 0.3) is 0 Å². The highest BCUT2D eigenvalue weighted by molar-refractivity contribution is 4.57. The van der Waals surface area contributed by atoms with Crippen molar-refractivity contribution in [1.29, 1.82) is 0 Å². The summed E-state index contributed by atoms with van der Waals surface area (Å²) in [5.74, 6) is 1.93. The van der Waals surface area contributed by atoms with Gasteiger partial charge in [0, 0.05) is 0 Å². The van der Waals surface area contributed by atoms with E-state index in [-0.39, 0.29) is 0 Å². The fourth-order valence-electron chi connectivity index (χ4n) is 5.06. The average Bonchev–Trinajstić information content (AvgIpc) is 2.76. The van der Waals surface area contributed by atoms with Crippen molar-refractivity contribution in [3.8, 4) is 0 Å². The maximum atomic E-state index is 2.50. The molecule has 31 heavy (non-hydrogen) atoms. The van der Waals surface area contributed by atoms with Crippen LogP contribution in [0.4, 0.5) is 0 Å². The Morgan fingerprint density at radius 3 is 0.742 bits per heavy atom. The van der Waals surface area contributed by atoms with Crippen molar-refractivity contribution in [3.63, 3.8) is 0 Å². The Labute approximate surface area is 200 Å². The highest BCUT2D eigenvalue weighted by Gasteiger charge is 2.03. The van der Waals surface area contributed by atoms with Crippen LogP contribution in [0.2, 0.25) is 0 Å². The minimum Gasteiger partial charge on any atom is -0.0654 e. The zero-order valence-corrected chi connectivity index (χ0v) is 22.8. The molecule has 0 aromatic carbocycles. The van der Waals surface area contributed by atoms with E-state index < -0.39 is 0 Å². The summed E-state index contributed by atoms with van der Waals surface area (Å²) in [6.45, 7) is 9.59. The van der Waals surface area contributed by atoms with Crippen molar-refractivity contribution in [2.75, 3.05) is 0 Å². The maximum Gasteiger partial charge on any atom is -0.0443 e. The largest absolute Gasteiger partial charge is 0.0654 e. The van der Waals surface area contributed by atoms with Gasteiger partial charge in [-0.3, -0.25) is 0 Å². The maximum absolute atomic E-state index is 2.50. The SMILES string of the molecule is CCCCCCCCCCCCC(C)CCCCCCCCCC(C)CCCCCC. The third-order valence-electron chi connectivity index (χ3n) is 7.49. The summed E-state index contributed by atoms with van der Waals surface area (Å²) in [4.78, 5) is 0. The average molecular weight is 437 g/mol. The zero-order chi connectivity index (χ0) is 22.8. The van der Waals surface area contributed by atoms with E-state index in [9.17, 15) is 0 Å². The molecule has 0 aromatic heterocycles. The third-order valence-corrected chi connectivity index (χ3v) is 7.49. The van der Waals surface area contributed by atoms with E-state index in [1.165, 1.54) is 161 Å². The molecular weight excluding hydrogens is 372 g/mol. The van der Waals surface area contributed by atoms with Crippen molar-refractivity contribution in [2.45, 2.75) is 188 Å². The fourth-order valence-corrected chi connectivity index (χ4v) is 5.06. The van der Waals surface area contributed by atoms with E-state index in [4.69, 9.17) is 0 Å². The van der Waals surface area contributed by atoms with Crippen LogP contribution in [0.1, 0.15) is 188 Å². The summed E-state index contributed by atoms with van der Waals surface area (Å²) >= 11 is 0. The molecule has 0 saturated carbocycles. The second-order valence-electron chi connectivity index (χ2n) is 11.1.